The zero-order valence-electron chi connectivity index (χ0n) is 7.86. The van der Waals surface area contributed by atoms with Crippen molar-refractivity contribution in [1.82, 2.24) is 0 Å². The maximum absolute atomic E-state index is 12.5. The molecule has 0 N–H and O–H groups in total. The van der Waals surface area contributed by atoms with Crippen molar-refractivity contribution in [2.24, 2.45) is 0 Å². The maximum Gasteiger partial charge on any atom is 0.409 e. The lowest BCUT2D eigenvalue weighted by Gasteiger charge is -2.26. The largest absolute Gasteiger partial charge is 0.490 e. The van der Waals surface area contributed by atoms with Gasteiger partial charge in [0.15, 0.2) is 15.1 Å². The molecular formula is C9H7F3O3S. The molecule has 1 heterocycles. The molecule has 1 aromatic carbocycles. The second-order valence-electron chi connectivity index (χ2n) is 3.33. The molecule has 0 saturated carbocycles. The zero-order chi connectivity index (χ0) is 12.0. The van der Waals surface area contributed by atoms with Gasteiger partial charge in [-0.25, -0.2) is 8.42 Å². The Hall–Kier alpha value is -1.24. The van der Waals surface area contributed by atoms with Crippen molar-refractivity contribution in [3.8, 4) is 5.75 Å². The van der Waals surface area contributed by atoms with Crippen molar-refractivity contribution in [1.29, 1.82) is 0 Å². The number of hydrogen-bond donors (Lipinski definition) is 0. The number of alkyl halides is 3. The SMILES string of the molecule is O=S1(=O)c2ccccc2OCC1C(F)(F)F. The van der Waals surface area contributed by atoms with Crippen molar-refractivity contribution in [3.05, 3.63) is 24.3 Å². The molecule has 0 spiro atoms. The third-order valence-electron chi connectivity index (χ3n) is 2.29. The number of fused-ring (bicyclic) bond motifs is 1. The molecule has 1 aliphatic rings. The van der Waals surface area contributed by atoms with Crippen molar-refractivity contribution in [3.63, 3.8) is 0 Å². The molecule has 3 nitrogen and oxygen atoms in total. The highest BCUT2D eigenvalue weighted by molar-refractivity contribution is 7.92. The first-order valence-electron chi connectivity index (χ1n) is 4.36. The molecule has 1 aromatic rings. The average Bonchev–Trinajstić information content (AvgIpc) is 2.15. The minimum absolute atomic E-state index is 0.0250. The first kappa shape index (κ1) is 11.3. The minimum Gasteiger partial charge on any atom is -0.490 e. The van der Waals surface area contributed by atoms with Crippen LogP contribution in [0.5, 0.6) is 5.75 Å². The van der Waals surface area contributed by atoms with Crippen LogP contribution in [-0.2, 0) is 9.84 Å². The highest BCUT2D eigenvalue weighted by atomic mass is 32.2. The van der Waals surface area contributed by atoms with E-state index in [0.29, 0.717) is 0 Å². The number of sulfone groups is 1. The Morgan fingerprint density at radius 1 is 1.25 bits per heavy atom. The van der Waals surface area contributed by atoms with Crippen LogP contribution in [0.1, 0.15) is 0 Å². The Morgan fingerprint density at radius 2 is 1.88 bits per heavy atom. The van der Waals surface area contributed by atoms with Gasteiger partial charge in [-0.05, 0) is 12.1 Å². The highest BCUT2D eigenvalue weighted by Gasteiger charge is 2.52. The Morgan fingerprint density at radius 3 is 2.50 bits per heavy atom. The predicted octanol–water partition coefficient (Wildman–Crippen LogP) is 1.78. The third-order valence-corrected chi connectivity index (χ3v) is 4.39. The van der Waals surface area contributed by atoms with Gasteiger partial charge in [-0.2, -0.15) is 13.2 Å². The van der Waals surface area contributed by atoms with Gasteiger partial charge in [0, 0.05) is 0 Å². The van der Waals surface area contributed by atoms with Crippen LogP contribution < -0.4 is 4.74 Å². The number of para-hydroxylation sites is 1. The van der Waals surface area contributed by atoms with Gasteiger partial charge in [-0.3, -0.25) is 0 Å². The van der Waals surface area contributed by atoms with E-state index in [2.05, 4.69) is 0 Å². The van der Waals surface area contributed by atoms with Gasteiger partial charge in [0.1, 0.15) is 17.3 Å². The van der Waals surface area contributed by atoms with Crippen LogP contribution in [0.25, 0.3) is 0 Å². The smallest absolute Gasteiger partial charge is 0.409 e. The molecule has 0 bridgehead atoms. The lowest BCUT2D eigenvalue weighted by molar-refractivity contribution is -0.136. The topological polar surface area (TPSA) is 43.4 Å². The van der Waals surface area contributed by atoms with Crippen LogP contribution in [0.3, 0.4) is 0 Å². The van der Waals surface area contributed by atoms with E-state index in [1.807, 2.05) is 0 Å². The summed E-state index contributed by atoms with van der Waals surface area (Å²) in [6.45, 7) is -0.886. The fraction of sp³-hybridized carbons (Fsp3) is 0.333. The Kier molecular flexibility index (Phi) is 2.37. The Labute approximate surface area is 89.8 Å². The summed E-state index contributed by atoms with van der Waals surface area (Å²) in [6.07, 6.45) is -4.81. The molecule has 0 amide bonds. The number of benzene rings is 1. The van der Waals surface area contributed by atoms with Crippen molar-refractivity contribution in [2.75, 3.05) is 6.61 Å². The summed E-state index contributed by atoms with van der Waals surface area (Å²) in [5.41, 5.74) is 0. The molecule has 7 heteroatoms. The van der Waals surface area contributed by atoms with E-state index in [0.717, 1.165) is 6.07 Å². The van der Waals surface area contributed by atoms with Gasteiger partial charge in [0.05, 0.1) is 0 Å². The van der Waals surface area contributed by atoms with Crippen LogP contribution in [0.15, 0.2) is 29.2 Å². The summed E-state index contributed by atoms with van der Waals surface area (Å²) in [5.74, 6) is -0.0250. The lowest BCUT2D eigenvalue weighted by Crippen LogP contribution is -2.44. The number of rotatable bonds is 0. The predicted molar refractivity (Wildman–Crippen MR) is 49.0 cm³/mol. The summed E-state index contributed by atoms with van der Waals surface area (Å²) in [6, 6.07) is 5.31. The maximum atomic E-state index is 12.5. The molecule has 2 rings (SSSR count). The van der Waals surface area contributed by atoms with E-state index >= 15 is 0 Å². The van der Waals surface area contributed by atoms with E-state index in [1.54, 1.807) is 0 Å². The van der Waals surface area contributed by atoms with E-state index in [9.17, 15) is 21.6 Å². The monoisotopic (exact) mass is 252 g/mol. The lowest BCUT2D eigenvalue weighted by atomic mass is 10.3. The molecule has 0 aliphatic carbocycles. The van der Waals surface area contributed by atoms with E-state index in [1.165, 1.54) is 18.2 Å². The second-order valence-corrected chi connectivity index (χ2v) is 5.43. The number of ether oxygens (including phenoxy) is 1. The molecule has 0 aromatic heterocycles. The van der Waals surface area contributed by atoms with Crippen LogP contribution in [-0.4, -0.2) is 26.5 Å². The zero-order valence-corrected chi connectivity index (χ0v) is 8.68. The molecule has 0 fully saturated rings. The Bertz CT molecular complexity index is 507. The molecule has 0 radical (unpaired) electrons. The molecular weight excluding hydrogens is 245 g/mol. The normalized spacial score (nSPS) is 23.3. The Balaban J connectivity index is 2.57. The summed E-state index contributed by atoms with van der Waals surface area (Å²) in [4.78, 5) is -0.399. The van der Waals surface area contributed by atoms with Crippen LogP contribution in [0.2, 0.25) is 0 Å². The molecule has 16 heavy (non-hydrogen) atoms. The third kappa shape index (κ3) is 1.64. The summed E-state index contributed by atoms with van der Waals surface area (Å²) >= 11 is 0. The van der Waals surface area contributed by atoms with Gasteiger partial charge in [0.25, 0.3) is 0 Å². The average molecular weight is 252 g/mol. The summed E-state index contributed by atoms with van der Waals surface area (Å²) < 4.78 is 65.5. The van der Waals surface area contributed by atoms with Crippen molar-refractivity contribution < 1.29 is 26.3 Å². The number of halogens is 3. The quantitative estimate of drug-likeness (QED) is 0.707. The fourth-order valence-corrected chi connectivity index (χ4v) is 3.06. The first-order chi connectivity index (χ1) is 7.33. The highest BCUT2D eigenvalue weighted by Crippen LogP contribution is 2.38. The van der Waals surface area contributed by atoms with Gasteiger partial charge in [-0.1, -0.05) is 12.1 Å². The van der Waals surface area contributed by atoms with Crippen LogP contribution in [0, 0.1) is 0 Å². The second kappa shape index (κ2) is 3.38. The van der Waals surface area contributed by atoms with Crippen molar-refractivity contribution >= 4 is 9.84 Å². The van der Waals surface area contributed by atoms with Crippen LogP contribution >= 0.6 is 0 Å². The van der Waals surface area contributed by atoms with E-state index < -0.39 is 32.8 Å². The molecule has 1 atom stereocenters. The molecule has 1 aliphatic heterocycles. The van der Waals surface area contributed by atoms with Gasteiger partial charge in [-0.15, -0.1) is 0 Å². The fourth-order valence-electron chi connectivity index (χ4n) is 1.48. The van der Waals surface area contributed by atoms with Gasteiger partial charge in [0.2, 0.25) is 0 Å². The summed E-state index contributed by atoms with van der Waals surface area (Å²) in [5, 5.41) is -2.48. The number of hydrogen-bond acceptors (Lipinski definition) is 3. The van der Waals surface area contributed by atoms with Crippen molar-refractivity contribution in [2.45, 2.75) is 16.3 Å². The molecule has 0 saturated heterocycles. The van der Waals surface area contributed by atoms with Crippen LogP contribution in [0.4, 0.5) is 13.2 Å². The van der Waals surface area contributed by atoms with Gasteiger partial charge < -0.3 is 4.74 Å². The van der Waals surface area contributed by atoms with Gasteiger partial charge >= 0.3 is 6.18 Å². The summed E-state index contributed by atoms with van der Waals surface area (Å²) in [7, 11) is -4.39. The molecule has 88 valence electrons. The first-order valence-corrected chi connectivity index (χ1v) is 5.90. The minimum atomic E-state index is -4.81. The van der Waals surface area contributed by atoms with E-state index in [-0.39, 0.29) is 5.75 Å². The molecule has 1 unspecified atom stereocenters. The standard InChI is InChI=1S/C9H7F3O3S/c10-9(11,12)8-5-15-6-3-1-2-4-7(6)16(8,13)14/h1-4,8H,5H2. The van der Waals surface area contributed by atoms with E-state index in [4.69, 9.17) is 4.74 Å².